The maximum absolute atomic E-state index is 11.9. The molecule has 1 N–H and O–H groups in total. The van der Waals surface area contributed by atoms with Crippen molar-refractivity contribution < 1.29 is 4.79 Å². The molecule has 3 nitrogen and oxygen atoms in total. The predicted octanol–water partition coefficient (Wildman–Crippen LogP) is 3.64. The molecule has 1 aromatic rings. The van der Waals surface area contributed by atoms with Gasteiger partial charge in [0.2, 0.25) is 0 Å². The first-order chi connectivity index (χ1) is 8.66. The zero-order chi connectivity index (χ0) is 13.0. The highest BCUT2D eigenvalue weighted by Gasteiger charge is 2.16. The van der Waals surface area contributed by atoms with Gasteiger partial charge in [-0.2, -0.15) is 5.10 Å². The van der Waals surface area contributed by atoms with Crippen molar-refractivity contribution in [1.29, 1.82) is 0 Å². The van der Waals surface area contributed by atoms with Gasteiger partial charge in [-0.05, 0) is 43.4 Å². The third-order valence-electron chi connectivity index (χ3n) is 3.28. The molecule has 4 heteroatoms. The second-order valence-corrected chi connectivity index (χ2v) is 5.14. The number of rotatable bonds is 2. The van der Waals surface area contributed by atoms with Crippen LogP contribution in [0.5, 0.6) is 0 Å². The van der Waals surface area contributed by atoms with Crippen LogP contribution in [-0.4, -0.2) is 11.6 Å². The minimum atomic E-state index is -0.206. The summed E-state index contributed by atoms with van der Waals surface area (Å²) < 4.78 is 0. The molecule has 0 unspecified atom stereocenters. The first-order valence-electron chi connectivity index (χ1n) is 6.29. The van der Waals surface area contributed by atoms with E-state index in [0.717, 1.165) is 25.0 Å². The van der Waals surface area contributed by atoms with E-state index in [1.54, 1.807) is 24.3 Å². The molecule has 1 amide bonds. The summed E-state index contributed by atoms with van der Waals surface area (Å²) in [5.41, 5.74) is 4.25. The average molecular weight is 265 g/mol. The molecule has 1 aliphatic carbocycles. The Hall–Kier alpha value is -1.35. The highest BCUT2D eigenvalue weighted by Crippen LogP contribution is 2.20. The van der Waals surface area contributed by atoms with Crippen LogP contribution in [0.2, 0.25) is 5.02 Å². The fraction of sp³-hybridized carbons (Fsp3) is 0.429. The van der Waals surface area contributed by atoms with E-state index in [1.165, 1.54) is 6.42 Å². The Kier molecular flexibility index (Phi) is 4.37. The minimum Gasteiger partial charge on any atom is -0.267 e. The number of benzene rings is 1. The van der Waals surface area contributed by atoms with Crippen molar-refractivity contribution in [1.82, 2.24) is 5.43 Å². The van der Waals surface area contributed by atoms with E-state index in [0.29, 0.717) is 16.5 Å². The lowest BCUT2D eigenvalue weighted by Gasteiger charge is -2.19. The Morgan fingerprint density at radius 3 is 3.00 bits per heavy atom. The van der Waals surface area contributed by atoms with Crippen LogP contribution in [0.1, 0.15) is 43.0 Å². The predicted molar refractivity (Wildman–Crippen MR) is 74.0 cm³/mol. The quantitative estimate of drug-likeness (QED) is 0.814. The number of carbonyl (C=O) groups excluding carboxylic acids is 1. The lowest BCUT2D eigenvalue weighted by atomic mass is 9.89. The Labute approximate surface area is 112 Å². The van der Waals surface area contributed by atoms with Crippen LogP contribution in [0, 0.1) is 5.92 Å². The normalized spacial score (nSPS) is 21.9. The van der Waals surface area contributed by atoms with Gasteiger partial charge in [0.05, 0.1) is 0 Å². The van der Waals surface area contributed by atoms with Crippen molar-refractivity contribution in [3.63, 3.8) is 0 Å². The van der Waals surface area contributed by atoms with Crippen molar-refractivity contribution in [3.05, 3.63) is 34.9 Å². The fourth-order valence-corrected chi connectivity index (χ4v) is 2.34. The van der Waals surface area contributed by atoms with Crippen molar-refractivity contribution in [2.24, 2.45) is 11.0 Å². The van der Waals surface area contributed by atoms with Crippen molar-refractivity contribution in [2.75, 3.05) is 0 Å². The van der Waals surface area contributed by atoms with E-state index in [4.69, 9.17) is 11.6 Å². The van der Waals surface area contributed by atoms with Gasteiger partial charge in [-0.15, -0.1) is 0 Å². The fourth-order valence-electron chi connectivity index (χ4n) is 2.15. The Morgan fingerprint density at radius 1 is 1.44 bits per heavy atom. The van der Waals surface area contributed by atoms with Crippen molar-refractivity contribution in [3.8, 4) is 0 Å². The largest absolute Gasteiger partial charge is 0.271 e. The van der Waals surface area contributed by atoms with Crippen LogP contribution in [0.3, 0.4) is 0 Å². The second kappa shape index (κ2) is 6.01. The van der Waals surface area contributed by atoms with Crippen LogP contribution in [0.15, 0.2) is 29.4 Å². The summed E-state index contributed by atoms with van der Waals surface area (Å²) in [5.74, 6) is 0.265. The first-order valence-corrected chi connectivity index (χ1v) is 6.67. The number of amides is 1. The zero-order valence-corrected chi connectivity index (χ0v) is 11.2. The Bertz CT molecular complexity index is 471. The van der Waals surface area contributed by atoms with E-state index in [9.17, 15) is 4.79 Å². The van der Waals surface area contributed by atoms with Crippen LogP contribution in [-0.2, 0) is 0 Å². The van der Waals surface area contributed by atoms with Gasteiger partial charge < -0.3 is 0 Å². The van der Waals surface area contributed by atoms with Gasteiger partial charge in [0, 0.05) is 16.3 Å². The van der Waals surface area contributed by atoms with Gasteiger partial charge in [-0.3, -0.25) is 4.79 Å². The number of hydrazone groups is 1. The lowest BCUT2D eigenvalue weighted by Crippen LogP contribution is -2.24. The number of nitrogens with zero attached hydrogens (tertiary/aromatic N) is 1. The monoisotopic (exact) mass is 264 g/mol. The highest BCUT2D eigenvalue weighted by atomic mass is 35.5. The van der Waals surface area contributed by atoms with Crippen LogP contribution < -0.4 is 5.43 Å². The van der Waals surface area contributed by atoms with E-state index in [2.05, 4.69) is 17.5 Å². The van der Waals surface area contributed by atoms with E-state index in [1.807, 2.05) is 0 Å². The molecular weight excluding hydrogens is 248 g/mol. The summed E-state index contributed by atoms with van der Waals surface area (Å²) in [4.78, 5) is 11.9. The zero-order valence-electron chi connectivity index (χ0n) is 10.4. The van der Waals surface area contributed by atoms with E-state index >= 15 is 0 Å². The molecule has 0 heterocycles. The molecule has 1 saturated carbocycles. The van der Waals surface area contributed by atoms with Gasteiger partial charge in [0.15, 0.2) is 0 Å². The van der Waals surface area contributed by atoms with Crippen molar-refractivity contribution in [2.45, 2.75) is 32.6 Å². The van der Waals surface area contributed by atoms with E-state index in [-0.39, 0.29) is 5.91 Å². The topological polar surface area (TPSA) is 41.5 Å². The summed E-state index contributed by atoms with van der Waals surface area (Å²) in [7, 11) is 0. The molecule has 96 valence electrons. The second-order valence-electron chi connectivity index (χ2n) is 4.70. The molecule has 18 heavy (non-hydrogen) atoms. The molecule has 1 aromatic carbocycles. The number of hydrogen-bond donors (Lipinski definition) is 1. The number of carbonyl (C=O) groups is 1. The average Bonchev–Trinajstić information content (AvgIpc) is 2.37. The van der Waals surface area contributed by atoms with E-state index < -0.39 is 0 Å². The lowest BCUT2D eigenvalue weighted by molar-refractivity contribution is 0.0954. The molecule has 0 spiro atoms. The molecule has 0 aromatic heterocycles. The molecular formula is C14H17ClN2O. The minimum absolute atomic E-state index is 0.206. The summed E-state index contributed by atoms with van der Waals surface area (Å²) in [6.07, 6.45) is 4.56. The molecule has 1 fully saturated rings. The van der Waals surface area contributed by atoms with Gasteiger partial charge in [-0.25, -0.2) is 5.43 Å². The van der Waals surface area contributed by atoms with Crippen LogP contribution in [0.4, 0.5) is 0 Å². The highest BCUT2D eigenvalue weighted by molar-refractivity contribution is 6.30. The maximum atomic E-state index is 11.9. The molecule has 0 aliphatic heterocycles. The molecule has 1 atom stereocenters. The Balaban J connectivity index is 2.01. The van der Waals surface area contributed by atoms with Gasteiger partial charge >= 0.3 is 0 Å². The first kappa shape index (κ1) is 13.1. The number of hydrogen-bond acceptors (Lipinski definition) is 2. The van der Waals surface area contributed by atoms with Gasteiger partial charge in [0.1, 0.15) is 0 Å². The summed E-state index contributed by atoms with van der Waals surface area (Å²) in [6.45, 7) is 2.16. The SMILES string of the molecule is C[C@@H]1CCCC/C1=N/NC(=O)c1cccc(Cl)c1. The summed E-state index contributed by atoms with van der Waals surface area (Å²) in [6, 6.07) is 6.87. The summed E-state index contributed by atoms with van der Waals surface area (Å²) >= 11 is 5.85. The molecule has 0 bridgehead atoms. The Morgan fingerprint density at radius 2 is 2.28 bits per heavy atom. The maximum Gasteiger partial charge on any atom is 0.271 e. The van der Waals surface area contributed by atoms with Crippen molar-refractivity contribution >= 4 is 23.2 Å². The third kappa shape index (κ3) is 3.33. The van der Waals surface area contributed by atoms with Gasteiger partial charge in [-0.1, -0.05) is 31.0 Å². The third-order valence-corrected chi connectivity index (χ3v) is 3.51. The summed E-state index contributed by atoms with van der Waals surface area (Å²) in [5, 5.41) is 4.80. The standard InChI is InChI=1S/C14H17ClN2O/c1-10-5-2-3-8-13(10)16-17-14(18)11-6-4-7-12(15)9-11/h4,6-7,9-10H,2-3,5,8H2,1H3,(H,17,18)/b16-13-/t10-/m1/s1. The van der Waals surface area contributed by atoms with Gasteiger partial charge in [0.25, 0.3) is 5.91 Å². The molecule has 2 rings (SSSR count). The van der Waals surface area contributed by atoms with Crippen LogP contribution in [0.25, 0.3) is 0 Å². The smallest absolute Gasteiger partial charge is 0.267 e. The molecule has 0 radical (unpaired) electrons. The molecule has 0 saturated heterocycles. The van der Waals surface area contributed by atoms with Crippen LogP contribution >= 0.6 is 11.6 Å². The molecule has 1 aliphatic rings. The number of nitrogens with one attached hydrogen (secondary N) is 1. The number of halogens is 1.